The van der Waals surface area contributed by atoms with Gasteiger partial charge in [0.1, 0.15) is 0 Å². The lowest BCUT2D eigenvalue weighted by Gasteiger charge is -2.25. The number of anilines is 1. The second-order valence-electron chi connectivity index (χ2n) is 10.2. The normalized spacial score (nSPS) is 15.9. The highest BCUT2D eigenvalue weighted by Gasteiger charge is 2.29. The zero-order valence-corrected chi connectivity index (χ0v) is 23.6. The smallest absolute Gasteiger partial charge is 0.251 e. The highest BCUT2D eigenvalue weighted by Crippen LogP contribution is 2.36. The van der Waals surface area contributed by atoms with Crippen LogP contribution in [0.25, 0.3) is 10.9 Å². The quantitative estimate of drug-likeness (QED) is 0.274. The Balaban J connectivity index is 1.42. The summed E-state index contributed by atoms with van der Waals surface area (Å²) in [6.45, 7) is 3.54. The van der Waals surface area contributed by atoms with E-state index in [2.05, 4.69) is 20.2 Å². The summed E-state index contributed by atoms with van der Waals surface area (Å²) < 4.78 is 29.1. The first-order chi connectivity index (χ1) is 19.3. The third-order valence-corrected chi connectivity index (χ3v) is 9.29. The Kier molecular flexibility index (Phi) is 8.20. The van der Waals surface area contributed by atoms with Crippen molar-refractivity contribution in [2.45, 2.75) is 45.0 Å². The lowest BCUT2D eigenvalue weighted by Crippen LogP contribution is -2.48. The third kappa shape index (κ3) is 5.89. The number of aliphatic hydroxyl groups is 1. The zero-order chi connectivity index (χ0) is 28.3. The topological polar surface area (TPSA) is 117 Å². The minimum Gasteiger partial charge on any atom is -0.390 e. The van der Waals surface area contributed by atoms with Crippen molar-refractivity contribution in [2.24, 2.45) is 0 Å². The van der Waals surface area contributed by atoms with Crippen LogP contribution in [-0.4, -0.2) is 60.5 Å². The molecule has 0 radical (unpaired) electrons. The molecular weight excluding hydrogens is 526 g/mol. The summed E-state index contributed by atoms with van der Waals surface area (Å²) in [5.41, 5.74) is 4.66. The predicted molar refractivity (Wildman–Crippen MR) is 157 cm³/mol. The van der Waals surface area contributed by atoms with E-state index in [4.69, 9.17) is 0 Å². The Labute approximate surface area is 234 Å². The molecule has 9 nitrogen and oxygen atoms in total. The van der Waals surface area contributed by atoms with Crippen molar-refractivity contribution in [2.75, 3.05) is 23.7 Å². The molecule has 0 saturated heterocycles. The molecule has 40 heavy (non-hydrogen) atoms. The molecule has 1 aliphatic heterocycles. The third-order valence-electron chi connectivity index (χ3n) is 7.54. The van der Waals surface area contributed by atoms with E-state index in [9.17, 15) is 18.3 Å². The number of sulfonamides is 1. The number of hydrogen-bond donors (Lipinski definition) is 3. The molecule has 1 aliphatic rings. The van der Waals surface area contributed by atoms with Crippen molar-refractivity contribution in [1.29, 1.82) is 0 Å². The average molecular weight is 562 g/mol. The number of aromatic nitrogens is 2. The molecule has 2 aromatic carbocycles. The van der Waals surface area contributed by atoms with Crippen molar-refractivity contribution >= 4 is 32.5 Å². The van der Waals surface area contributed by atoms with Crippen LogP contribution in [0, 0.1) is 0 Å². The molecule has 2 aromatic heterocycles. The minimum absolute atomic E-state index is 0.0143. The second-order valence-corrected chi connectivity index (χ2v) is 12.3. The van der Waals surface area contributed by atoms with Crippen molar-refractivity contribution in [3.63, 3.8) is 0 Å². The largest absolute Gasteiger partial charge is 0.390 e. The summed E-state index contributed by atoms with van der Waals surface area (Å²) in [7, 11) is -1.97. The molecule has 0 unspecified atom stereocenters. The summed E-state index contributed by atoms with van der Waals surface area (Å²) in [5.74, 6) is -0.354. The van der Waals surface area contributed by atoms with Gasteiger partial charge < -0.3 is 20.3 Å². The first-order valence-corrected chi connectivity index (χ1v) is 15.1. The lowest BCUT2D eigenvalue weighted by molar-refractivity contribution is 0.0830. The van der Waals surface area contributed by atoms with Gasteiger partial charge >= 0.3 is 0 Å². The summed E-state index contributed by atoms with van der Waals surface area (Å²) in [5, 5.41) is 18.4. The molecule has 4 aromatic rings. The fraction of sp³-hybridized carbons (Fsp3) is 0.333. The summed E-state index contributed by atoms with van der Waals surface area (Å²) in [6.07, 6.45) is 5.42. The molecule has 0 spiro atoms. The second kappa shape index (κ2) is 11.8. The van der Waals surface area contributed by atoms with E-state index in [1.54, 1.807) is 25.5 Å². The van der Waals surface area contributed by atoms with Crippen LogP contribution in [0.3, 0.4) is 0 Å². The Morgan fingerprint density at radius 1 is 1.10 bits per heavy atom. The Morgan fingerprint density at radius 2 is 1.85 bits per heavy atom. The van der Waals surface area contributed by atoms with Crippen LogP contribution in [0.5, 0.6) is 0 Å². The SMILES string of the molecule is CCn1cc2c3c(cc(C(=O)N[C@@H](Cc4ccccc4)[C@H](O)CNCc4ccncc4)cc31)N(C)S(=O)(=O)CC2. The molecule has 10 heteroatoms. The molecule has 2 atom stereocenters. The number of aliphatic hydroxyl groups excluding tert-OH is 1. The van der Waals surface area contributed by atoms with Gasteiger partial charge in [0.2, 0.25) is 10.0 Å². The first-order valence-electron chi connectivity index (χ1n) is 13.5. The van der Waals surface area contributed by atoms with Gasteiger partial charge in [0.15, 0.2) is 0 Å². The van der Waals surface area contributed by atoms with Gasteiger partial charge in [-0.3, -0.25) is 14.1 Å². The molecule has 210 valence electrons. The number of benzene rings is 2. The van der Waals surface area contributed by atoms with Gasteiger partial charge in [-0.05, 0) is 60.7 Å². The van der Waals surface area contributed by atoms with Crippen LogP contribution in [0.2, 0.25) is 0 Å². The number of carbonyl (C=O) groups excluding carboxylic acids is 1. The van der Waals surface area contributed by atoms with Crippen molar-refractivity contribution in [3.8, 4) is 0 Å². The maximum Gasteiger partial charge on any atom is 0.251 e. The van der Waals surface area contributed by atoms with E-state index in [1.165, 1.54) is 4.31 Å². The van der Waals surface area contributed by atoms with Gasteiger partial charge in [-0.15, -0.1) is 0 Å². The fourth-order valence-electron chi connectivity index (χ4n) is 5.26. The van der Waals surface area contributed by atoms with E-state index >= 15 is 0 Å². The van der Waals surface area contributed by atoms with Gasteiger partial charge in [-0.2, -0.15) is 0 Å². The highest BCUT2D eigenvalue weighted by atomic mass is 32.2. The number of aryl methyl sites for hydroxylation is 2. The fourth-order valence-corrected chi connectivity index (χ4v) is 6.45. The van der Waals surface area contributed by atoms with Gasteiger partial charge in [-0.25, -0.2) is 8.42 Å². The summed E-state index contributed by atoms with van der Waals surface area (Å²) in [6, 6.07) is 16.4. The van der Waals surface area contributed by atoms with Crippen LogP contribution >= 0.6 is 0 Å². The van der Waals surface area contributed by atoms with E-state index in [-0.39, 0.29) is 18.2 Å². The molecule has 0 bridgehead atoms. The van der Waals surface area contributed by atoms with Crippen LogP contribution < -0.4 is 14.9 Å². The van der Waals surface area contributed by atoms with E-state index in [1.807, 2.05) is 61.7 Å². The minimum atomic E-state index is -3.51. The number of pyridine rings is 1. The average Bonchev–Trinajstić information content (AvgIpc) is 3.29. The summed E-state index contributed by atoms with van der Waals surface area (Å²) in [4.78, 5) is 17.7. The lowest BCUT2D eigenvalue weighted by atomic mass is 10.00. The molecule has 3 N–H and O–H groups in total. The van der Waals surface area contributed by atoms with Gasteiger partial charge in [0, 0.05) is 56.2 Å². The molecule has 1 amide bonds. The number of nitrogens with one attached hydrogen (secondary N) is 2. The molecule has 0 aliphatic carbocycles. The monoisotopic (exact) mass is 561 g/mol. The number of hydrogen-bond acceptors (Lipinski definition) is 6. The number of nitrogens with zero attached hydrogens (tertiary/aromatic N) is 3. The Morgan fingerprint density at radius 3 is 2.58 bits per heavy atom. The molecule has 0 saturated carbocycles. The maximum atomic E-state index is 13.7. The molecule has 3 heterocycles. The summed E-state index contributed by atoms with van der Waals surface area (Å²) >= 11 is 0. The highest BCUT2D eigenvalue weighted by molar-refractivity contribution is 7.92. The maximum absolute atomic E-state index is 13.7. The van der Waals surface area contributed by atoms with Crippen LogP contribution in [0.15, 0.2) is 73.2 Å². The van der Waals surface area contributed by atoms with Crippen LogP contribution in [0.1, 0.15) is 34.0 Å². The Bertz CT molecular complexity index is 1590. The molecule has 0 fully saturated rings. The van der Waals surface area contributed by atoms with Crippen molar-refractivity contribution in [3.05, 3.63) is 95.4 Å². The van der Waals surface area contributed by atoms with Crippen molar-refractivity contribution in [1.82, 2.24) is 20.2 Å². The standard InChI is InChI=1S/C30H35N5O4S/c1-3-35-20-23-11-14-40(38,39)34(2)26-16-24(17-27(35)29(23)26)30(37)33-25(15-21-7-5-4-6-8-21)28(36)19-32-18-22-9-12-31-13-10-22/h4-10,12-13,16-17,20,25,28,32,36H,3,11,14-15,18-19H2,1-2H3,(H,33,37)/t25-,28+/m0/s1. The van der Waals surface area contributed by atoms with E-state index in [0.29, 0.717) is 37.2 Å². The van der Waals surface area contributed by atoms with E-state index < -0.39 is 22.2 Å². The van der Waals surface area contributed by atoms with Gasteiger partial charge in [-0.1, -0.05) is 30.3 Å². The molecular formula is C30H35N5O4S. The van der Waals surface area contributed by atoms with Crippen molar-refractivity contribution < 1.29 is 18.3 Å². The van der Waals surface area contributed by atoms with Gasteiger partial charge in [0.05, 0.1) is 29.1 Å². The van der Waals surface area contributed by atoms with E-state index in [0.717, 1.165) is 27.6 Å². The zero-order valence-electron chi connectivity index (χ0n) is 22.7. The number of amides is 1. The Hall–Kier alpha value is -3.73. The number of carbonyl (C=O) groups is 1. The van der Waals surface area contributed by atoms with Gasteiger partial charge in [0.25, 0.3) is 5.91 Å². The van der Waals surface area contributed by atoms with Crippen LogP contribution in [-0.2, 0) is 36.0 Å². The molecule has 5 rings (SSSR count). The first kappa shape index (κ1) is 27.8. The number of rotatable bonds is 10. The van der Waals surface area contributed by atoms with Crippen LogP contribution in [0.4, 0.5) is 5.69 Å². The predicted octanol–water partition coefficient (Wildman–Crippen LogP) is 2.87.